The number of nitrogens with zero attached hydrogens (tertiary/aromatic N) is 4. The fourth-order valence-corrected chi connectivity index (χ4v) is 5.00. The SMILES string of the molecule is COc1cc(CN2N=C(c3ccc4c(c3)nc(-c3cccc(C(F)(F)F)c3)n4C)CSC2=O)cc(OC)c1. The van der Waals surface area contributed by atoms with Crippen LogP contribution in [0.3, 0.4) is 0 Å². The first-order valence-electron chi connectivity index (χ1n) is 11.5. The van der Waals surface area contributed by atoms with Gasteiger partial charge in [0.1, 0.15) is 17.3 Å². The molecule has 11 heteroatoms. The van der Waals surface area contributed by atoms with Crippen molar-refractivity contribution in [2.45, 2.75) is 12.7 Å². The van der Waals surface area contributed by atoms with Crippen molar-refractivity contribution in [3.63, 3.8) is 0 Å². The number of carbonyl (C=O) groups excluding carboxylic acids is 1. The molecule has 0 saturated carbocycles. The lowest BCUT2D eigenvalue weighted by Gasteiger charge is -2.23. The molecule has 0 saturated heterocycles. The van der Waals surface area contributed by atoms with Crippen molar-refractivity contribution >= 4 is 33.7 Å². The lowest BCUT2D eigenvalue weighted by molar-refractivity contribution is -0.137. The summed E-state index contributed by atoms with van der Waals surface area (Å²) in [7, 11) is 4.88. The summed E-state index contributed by atoms with van der Waals surface area (Å²) in [5.74, 6) is 2.03. The molecule has 0 atom stereocenters. The smallest absolute Gasteiger partial charge is 0.416 e. The van der Waals surface area contributed by atoms with Crippen molar-refractivity contribution in [1.29, 1.82) is 0 Å². The van der Waals surface area contributed by atoms with E-state index in [0.29, 0.717) is 39.9 Å². The highest BCUT2D eigenvalue weighted by atomic mass is 32.2. The van der Waals surface area contributed by atoms with E-state index in [1.807, 2.05) is 30.3 Å². The highest BCUT2D eigenvalue weighted by Crippen LogP contribution is 2.33. The second kappa shape index (κ2) is 10.1. The van der Waals surface area contributed by atoms with Gasteiger partial charge in [0.25, 0.3) is 0 Å². The molecule has 196 valence electrons. The van der Waals surface area contributed by atoms with Crippen LogP contribution in [0.4, 0.5) is 18.0 Å². The van der Waals surface area contributed by atoms with Crippen molar-refractivity contribution in [2.75, 3.05) is 20.0 Å². The Kier molecular flexibility index (Phi) is 6.78. The van der Waals surface area contributed by atoms with Crippen LogP contribution in [0.15, 0.2) is 65.8 Å². The van der Waals surface area contributed by atoms with Crippen molar-refractivity contribution < 1.29 is 27.4 Å². The Morgan fingerprint density at radius 3 is 2.39 bits per heavy atom. The number of ether oxygens (including phenoxy) is 2. The zero-order chi connectivity index (χ0) is 27.0. The van der Waals surface area contributed by atoms with Crippen LogP contribution in [-0.2, 0) is 19.8 Å². The number of amides is 1. The van der Waals surface area contributed by atoms with E-state index in [-0.39, 0.29) is 11.8 Å². The minimum absolute atomic E-state index is 0.179. The fourth-order valence-electron chi connectivity index (χ4n) is 4.26. The van der Waals surface area contributed by atoms with Gasteiger partial charge in [-0.05, 0) is 42.0 Å². The Morgan fingerprint density at radius 2 is 1.71 bits per heavy atom. The molecular formula is C27H23F3N4O3S. The van der Waals surface area contributed by atoms with Gasteiger partial charge in [-0.2, -0.15) is 18.3 Å². The highest BCUT2D eigenvalue weighted by Gasteiger charge is 2.31. The van der Waals surface area contributed by atoms with E-state index in [0.717, 1.165) is 40.5 Å². The van der Waals surface area contributed by atoms with E-state index in [4.69, 9.17) is 9.47 Å². The number of hydrogen-bond acceptors (Lipinski definition) is 6. The topological polar surface area (TPSA) is 69.0 Å². The van der Waals surface area contributed by atoms with Crippen molar-refractivity contribution in [1.82, 2.24) is 14.6 Å². The van der Waals surface area contributed by atoms with Crippen LogP contribution in [0.25, 0.3) is 22.4 Å². The van der Waals surface area contributed by atoms with Crippen molar-refractivity contribution in [3.8, 4) is 22.9 Å². The number of aryl methyl sites for hydroxylation is 1. The van der Waals surface area contributed by atoms with Gasteiger partial charge in [0.15, 0.2) is 0 Å². The average Bonchev–Trinajstić information content (AvgIpc) is 3.24. The molecular weight excluding hydrogens is 517 g/mol. The molecule has 0 spiro atoms. The van der Waals surface area contributed by atoms with Gasteiger partial charge in [0, 0.05) is 30.0 Å². The molecule has 38 heavy (non-hydrogen) atoms. The number of rotatable bonds is 6. The number of alkyl halides is 3. The lowest BCUT2D eigenvalue weighted by atomic mass is 10.1. The molecule has 3 aromatic carbocycles. The summed E-state index contributed by atoms with van der Waals surface area (Å²) in [6.45, 7) is 0.231. The monoisotopic (exact) mass is 540 g/mol. The summed E-state index contributed by atoms with van der Waals surface area (Å²) in [5, 5.41) is 5.83. The van der Waals surface area contributed by atoms with E-state index < -0.39 is 11.7 Å². The molecule has 0 fully saturated rings. The maximum atomic E-state index is 13.2. The molecule has 2 heterocycles. The first-order valence-corrected chi connectivity index (χ1v) is 12.5. The van der Waals surface area contributed by atoms with Crippen LogP contribution in [0.1, 0.15) is 16.7 Å². The van der Waals surface area contributed by atoms with Crippen LogP contribution in [-0.4, -0.2) is 45.5 Å². The summed E-state index contributed by atoms with van der Waals surface area (Å²) in [4.78, 5) is 17.2. The Hall–Kier alpha value is -3.99. The van der Waals surface area contributed by atoms with E-state index >= 15 is 0 Å². The van der Waals surface area contributed by atoms with Gasteiger partial charge in [0.05, 0.1) is 43.1 Å². The van der Waals surface area contributed by atoms with Crippen LogP contribution in [0.5, 0.6) is 11.5 Å². The molecule has 0 unspecified atom stereocenters. The quantitative estimate of drug-likeness (QED) is 0.285. The van der Waals surface area contributed by atoms with Gasteiger partial charge in [-0.25, -0.2) is 9.99 Å². The second-order valence-corrected chi connectivity index (χ2v) is 9.58. The Morgan fingerprint density at radius 1 is 0.974 bits per heavy atom. The molecule has 7 nitrogen and oxygen atoms in total. The van der Waals surface area contributed by atoms with Gasteiger partial charge in [-0.15, -0.1) is 0 Å². The van der Waals surface area contributed by atoms with E-state index in [1.165, 1.54) is 11.1 Å². The standard InChI is InChI=1S/C27H23F3N4O3S/c1-33-24-8-7-17(12-22(24)31-25(33)18-5-4-6-19(11-18)27(28,29)30)23-15-38-26(35)34(32-23)14-16-9-20(36-2)13-21(10-16)37-3/h4-13H,14-15H2,1-3H3. The molecule has 0 bridgehead atoms. The molecule has 0 N–H and O–H groups in total. The van der Waals surface area contributed by atoms with Crippen LogP contribution in [0, 0.1) is 0 Å². The van der Waals surface area contributed by atoms with Crippen LogP contribution < -0.4 is 9.47 Å². The number of hydrazone groups is 1. The summed E-state index contributed by atoms with van der Waals surface area (Å²) >= 11 is 1.14. The summed E-state index contributed by atoms with van der Waals surface area (Å²) < 4.78 is 52.1. The minimum atomic E-state index is -4.44. The van der Waals surface area contributed by atoms with Crippen LogP contribution >= 0.6 is 11.8 Å². The molecule has 1 aliphatic heterocycles. The number of carbonyl (C=O) groups is 1. The third-order valence-corrected chi connectivity index (χ3v) is 7.07. The van der Waals surface area contributed by atoms with E-state index in [2.05, 4.69) is 10.1 Å². The predicted molar refractivity (Wildman–Crippen MR) is 141 cm³/mol. The number of thioether (sulfide) groups is 1. The van der Waals surface area contributed by atoms with Gasteiger partial charge in [0.2, 0.25) is 0 Å². The Bertz CT molecular complexity index is 1540. The molecule has 1 amide bonds. The average molecular weight is 541 g/mol. The molecule has 1 aromatic heterocycles. The Balaban J connectivity index is 1.47. The van der Waals surface area contributed by atoms with Gasteiger partial charge in [-0.1, -0.05) is 30.0 Å². The molecule has 4 aromatic rings. The first kappa shape index (κ1) is 25.7. The maximum absolute atomic E-state index is 13.2. The molecule has 0 radical (unpaired) electrons. The van der Waals surface area contributed by atoms with Crippen molar-refractivity contribution in [3.05, 3.63) is 77.4 Å². The van der Waals surface area contributed by atoms with Gasteiger partial charge < -0.3 is 14.0 Å². The second-order valence-electron chi connectivity index (χ2n) is 8.66. The zero-order valence-electron chi connectivity index (χ0n) is 20.7. The predicted octanol–water partition coefficient (Wildman–Crippen LogP) is 6.35. The minimum Gasteiger partial charge on any atom is -0.497 e. The van der Waals surface area contributed by atoms with Gasteiger partial charge in [-0.3, -0.25) is 4.79 Å². The highest BCUT2D eigenvalue weighted by molar-refractivity contribution is 8.14. The van der Waals surface area contributed by atoms with Crippen molar-refractivity contribution in [2.24, 2.45) is 12.1 Å². The van der Waals surface area contributed by atoms with E-state index in [1.54, 1.807) is 38.0 Å². The third kappa shape index (κ3) is 5.06. The maximum Gasteiger partial charge on any atom is 0.416 e. The molecule has 5 rings (SSSR count). The largest absolute Gasteiger partial charge is 0.497 e. The number of methoxy groups -OCH3 is 2. The molecule has 0 aliphatic carbocycles. The number of halogens is 3. The number of aromatic nitrogens is 2. The Labute approximate surface area is 220 Å². The van der Waals surface area contributed by atoms with E-state index in [9.17, 15) is 18.0 Å². The molecule has 1 aliphatic rings. The number of hydrogen-bond donors (Lipinski definition) is 0. The van der Waals surface area contributed by atoms with Crippen LogP contribution in [0.2, 0.25) is 0 Å². The van der Waals surface area contributed by atoms with Gasteiger partial charge >= 0.3 is 11.4 Å². The zero-order valence-corrected chi connectivity index (χ0v) is 21.6. The third-order valence-electron chi connectivity index (χ3n) is 6.19. The number of fused-ring (bicyclic) bond motifs is 1. The lowest BCUT2D eigenvalue weighted by Crippen LogP contribution is -2.29. The first-order chi connectivity index (χ1) is 18.2. The normalized spacial score (nSPS) is 14.1. The number of imidazole rings is 1. The summed E-state index contributed by atoms with van der Waals surface area (Å²) in [5.41, 5.74) is 3.29. The summed E-state index contributed by atoms with van der Waals surface area (Å²) in [6.07, 6.45) is -4.44. The number of benzene rings is 3. The fraction of sp³-hybridized carbons (Fsp3) is 0.222. The summed E-state index contributed by atoms with van der Waals surface area (Å²) in [6, 6.07) is 16.1.